The number of hydrogen-bond donors (Lipinski definition) is 10. The number of aliphatic imine (C=N–C) groups is 1. The summed E-state index contributed by atoms with van der Waals surface area (Å²) in [4.78, 5) is 63.8. The lowest BCUT2D eigenvalue weighted by Crippen LogP contribution is -2.57. The van der Waals surface area contributed by atoms with Crippen LogP contribution in [-0.2, 0) is 24.0 Å². The molecule has 206 valence electrons. The number of carbonyl (C=O) groups excluding carboxylic acids is 3. The topological polar surface area (TPSA) is 278 Å². The molecule has 0 fully saturated rings. The van der Waals surface area contributed by atoms with Crippen molar-refractivity contribution in [2.75, 3.05) is 18.8 Å². The minimum absolute atomic E-state index is 0.0388. The van der Waals surface area contributed by atoms with Gasteiger partial charge in [0.1, 0.15) is 18.1 Å². The van der Waals surface area contributed by atoms with Gasteiger partial charge in [-0.05, 0) is 45.1 Å². The van der Waals surface area contributed by atoms with Gasteiger partial charge in [0.05, 0.1) is 6.04 Å². The smallest absolute Gasteiger partial charge is 0.326 e. The van der Waals surface area contributed by atoms with Crippen molar-refractivity contribution < 1.29 is 34.2 Å². The molecule has 0 aliphatic carbocycles. The Labute approximate surface area is 214 Å². The van der Waals surface area contributed by atoms with Crippen LogP contribution in [0.4, 0.5) is 0 Å². The standard InChI is InChI=1S/C20H38N8O7S/c21-8-2-1-4-12(26-16(31)11(22)6-7-15(29)30)17(32)28-14(10-36)18(33)27-13(19(34)35)5-3-9-25-20(23)24/h11-14,36H,1-10,21-22H2,(H,26,31)(H,27,33)(H,28,32)(H,29,30)(H,34,35)(H4,23,24,25). The van der Waals surface area contributed by atoms with E-state index in [1.54, 1.807) is 0 Å². The van der Waals surface area contributed by atoms with E-state index in [2.05, 4.69) is 33.6 Å². The Balaban J connectivity index is 5.21. The van der Waals surface area contributed by atoms with Gasteiger partial charge in [-0.1, -0.05) is 0 Å². The fourth-order valence-electron chi connectivity index (χ4n) is 2.95. The number of carboxylic acids is 2. The molecule has 0 aromatic rings. The molecule has 15 nitrogen and oxygen atoms in total. The zero-order valence-corrected chi connectivity index (χ0v) is 20.9. The average Bonchev–Trinajstić information content (AvgIpc) is 2.81. The Morgan fingerprint density at radius 3 is 1.89 bits per heavy atom. The first-order valence-corrected chi connectivity index (χ1v) is 12.0. The molecule has 0 saturated carbocycles. The summed E-state index contributed by atoms with van der Waals surface area (Å²) in [5.74, 6) is -4.90. The molecule has 0 aliphatic rings. The second kappa shape index (κ2) is 18.2. The van der Waals surface area contributed by atoms with E-state index in [1.807, 2.05) is 0 Å². The molecule has 0 heterocycles. The number of rotatable bonds is 19. The predicted octanol–water partition coefficient (Wildman–Crippen LogP) is -3.17. The molecule has 0 spiro atoms. The molecule has 0 aromatic carbocycles. The minimum Gasteiger partial charge on any atom is -0.481 e. The third-order valence-corrected chi connectivity index (χ3v) is 5.33. The molecule has 0 bridgehead atoms. The minimum atomic E-state index is -1.28. The first-order valence-electron chi connectivity index (χ1n) is 11.4. The largest absolute Gasteiger partial charge is 0.481 e. The average molecular weight is 535 g/mol. The van der Waals surface area contributed by atoms with E-state index in [-0.39, 0.29) is 50.4 Å². The maximum Gasteiger partial charge on any atom is 0.326 e. The summed E-state index contributed by atoms with van der Waals surface area (Å²) in [6, 6.07) is -4.68. The molecule has 0 rings (SSSR count). The van der Waals surface area contributed by atoms with Gasteiger partial charge < -0.3 is 49.1 Å². The molecule has 4 unspecified atom stereocenters. The maximum atomic E-state index is 12.9. The molecule has 4 atom stereocenters. The van der Waals surface area contributed by atoms with E-state index >= 15 is 0 Å². The van der Waals surface area contributed by atoms with Crippen molar-refractivity contribution in [2.45, 2.75) is 69.1 Å². The molecule has 0 aliphatic heterocycles. The lowest BCUT2D eigenvalue weighted by Gasteiger charge is -2.24. The highest BCUT2D eigenvalue weighted by molar-refractivity contribution is 7.80. The summed E-state index contributed by atoms with van der Waals surface area (Å²) in [5, 5.41) is 25.4. The van der Waals surface area contributed by atoms with E-state index in [1.165, 1.54) is 0 Å². The van der Waals surface area contributed by atoms with Crippen molar-refractivity contribution in [2.24, 2.45) is 27.9 Å². The van der Waals surface area contributed by atoms with Crippen molar-refractivity contribution in [1.29, 1.82) is 0 Å². The van der Waals surface area contributed by atoms with Crippen LogP contribution in [0.1, 0.15) is 44.9 Å². The number of nitrogens with one attached hydrogen (secondary N) is 3. The Bertz CT molecular complexity index is 779. The zero-order valence-electron chi connectivity index (χ0n) is 20.0. The van der Waals surface area contributed by atoms with Crippen LogP contribution in [0, 0.1) is 0 Å². The Morgan fingerprint density at radius 2 is 1.36 bits per heavy atom. The highest BCUT2D eigenvalue weighted by Crippen LogP contribution is 2.05. The zero-order chi connectivity index (χ0) is 27.7. The van der Waals surface area contributed by atoms with Crippen LogP contribution in [-0.4, -0.2) is 88.8 Å². The number of amides is 3. The number of carboxylic acid groups (broad SMARTS) is 2. The number of aliphatic carboxylic acids is 2. The van der Waals surface area contributed by atoms with Crippen molar-refractivity contribution in [3.8, 4) is 0 Å². The van der Waals surface area contributed by atoms with E-state index in [0.717, 1.165) is 0 Å². The van der Waals surface area contributed by atoms with Crippen LogP contribution in [0.3, 0.4) is 0 Å². The Morgan fingerprint density at radius 1 is 0.806 bits per heavy atom. The molecule has 13 N–H and O–H groups in total. The van der Waals surface area contributed by atoms with Crippen molar-refractivity contribution in [1.82, 2.24) is 16.0 Å². The molecule has 0 aromatic heterocycles. The van der Waals surface area contributed by atoms with Crippen LogP contribution in [0.15, 0.2) is 4.99 Å². The Hall–Kier alpha value is -3.11. The first-order chi connectivity index (χ1) is 16.9. The second-order valence-corrected chi connectivity index (χ2v) is 8.34. The van der Waals surface area contributed by atoms with Gasteiger partial charge in [-0.2, -0.15) is 12.6 Å². The third-order valence-electron chi connectivity index (χ3n) is 4.96. The van der Waals surface area contributed by atoms with E-state index in [0.29, 0.717) is 19.4 Å². The summed E-state index contributed by atoms with van der Waals surface area (Å²) in [6.07, 6.45) is 1.11. The lowest BCUT2D eigenvalue weighted by atomic mass is 10.1. The molecule has 16 heteroatoms. The van der Waals surface area contributed by atoms with Gasteiger partial charge >= 0.3 is 11.9 Å². The van der Waals surface area contributed by atoms with Crippen LogP contribution in [0.25, 0.3) is 0 Å². The Kier molecular flexibility index (Phi) is 16.6. The molecule has 36 heavy (non-hydrogen) atoms. The predicted molar refractivity (Wildman–Crippen MR) is 135 cm³/mol. The summed E-state index contributed by atoms with van der Waals surface area (Å²) in [6.45, 7) is 0.537. The van der Waals surface area contributed by atoms with E-state index < -0.39 is 53.8 Å². The van der Waals surface area contributed by atoms with E-state index in [4.69, 9.17) is 28.0 Å². The van der Waals surface area contributed by atoms with Gasteiger partial charge in [-0.15, -0.1) is 0 Å². The highest BCUT2D eigenvalue weighted by atomic mass is 32.1. The van der Waals surface area contributed by atoms with Gasteiger partial charge in [0.25, 0.3) is 0 Å². The summed E-state index contributed by atoms with van der Waals surface area (Å²) in [7, 11) is 0. The van der Waals surface area contributed by atoms with Crippen molar-refractivity contribution >= 4 is 48.2 Å². The highest BCUT2D eigenvalue weighted by Gasteiger charge is 2.29. The summed E-state index contributed by atoms with van der Waals surface area (Å²) >= 11 is 4.07. The number of thiol groups is 1. The van der Waals surface area contributed by atoms with Crippen molar-refractivity contribution in [3.05, 3.63) is 0 Å². The number of guanidine groups is 1. The van der Waals surface area contributed by atoms with Crippen LogP contribution in [0.2, 0.25) is 0 Å². The molecular weight excluding hydrogens is 496 g/mol. The number of unbranched alkanes of at least 4 members (excludes halogenated alkanes) is 1. The number of nitrogens with zero attached hydrogens (tertiary/aromatic N) is 1. The van der Waals surface area contributed by atoms with Gasteiger partial charge in [-0.25, -0.2) is 4.79 Å². The van der Waals surface area contributed by atoms with Gasteiger partial charge in [0, 0.05) is 18.7 Å². The monoisotopic (exact) mass is 534 g/mol. The fourth-order valence-corrected chi connectivity index (χ4v) is 3.21. The van der Waals surface area contributed by atoms with Crippen LogP contribution in [0.5, 0.6) is 0 Å². The summed E-state index contributed by atoms with van der Waals surface area (Å²) in [5.41, 5.74) is 21.6. The fraction of sp³-hybridized carbons (Fsp3) is 0.700. The van der Waals surface area contributed by atoms with Crippen LogP contribution >= 0.6 is 12.6 Å². The molecule has 0 saturated heterocycles. The van der Waals surface area contributed by atoms with Gasteiger partial charge in [-0.3, -0.25) is 24.2 Å². The molecule has 3 amide bonds. The number of carbonyl (C=O) groups is 5. The normalized spacial score (nSPS) is 14.0. The second-order valence-electron chi connectivity index (χ2n) is 7.98. The number of nitrogens with two attached hydrogens (primary N) is 4. The third kappa shape index (κ3) is 14.3. The van der Waals surface area contributed by atoms with Gasteiger partial charge in [0.15, 0.2) is 5.96 Å². The van der Waals surface area contributed by atoms with E-state index in [9.17, 15) is 29.1 Å². The SMILES string of the molecule is NCCCCC(NC(=O)C(N)CCC(=O)O)C(=O)NC(CS)C(=O)NC(CCCN=C(N)N)C(=O)O. The maximum absolute atomic E-state index is 12.9. The van der Waals surface area contributed by atoms with Crippen molar-refractivity contribution in [3.63, 3.8) is 0 Å². The number of hydrogen-bond acceptors (Lipinski definition) is 9. The van der Waals surface area contributed by atoms with Crippen LogP contribution < -0.4 is 38.9 Å². The first kappa shape index (κ1) is 32.9. The quantitative estimate of drug-likeness (QED) is 0.0341. The summed E-state index contributed by atoms with van der Waals surface area (Å²) < 4.78 is 0. The molecule has 0 radical (unpaired) electrons. The van der Waals surface area contributed by atoms with Gasteiger partial charge in [0.2, 0.25) is 17.7 Å². The lowest BCUT2D eigenvalue weighted by molar-refractivity contribution is -0.142. The molecular formula is C20H38N8O7S.